The maximum Gasteiger partial charge on any atom is 0.247 e. The number of hydrogen-bond donors (Lipinski definition) is 2. The van der Waals surface area contributed by atoms with Crippen molar-refractivity contribution in [2.45, 2.75) is 12.6 Å². The lowest BCUT2D eigenvalue weighted by Crippen LogP contribution is -2.23. The minimum Gasteiger partial charge on any atom is -0.496 e. The monoisotopic (exact) mass is 360 g/mol. The molecule has 2 aromatic carbocycles. The van der Waals surface area contributed by atoms with Crippen molar-refractivity contribution >= 4 is 0 Å². The van der Waals surface area contributed by atoms with Gasteiger partial charge in [0.25, 0.3) is 0 Å². The Labute approximate surface area is 157 Å². The lowest BCUT2D eigenvalue weighted by Gasteiger charge is -2.15. The number of nitrogens with zero attached hydrogens (tertiary/aromatic N) is 2. The number of para-hydroxylation sites is 1. The van der Waals surface area contributed by atoms with E-state index in [2.05, 4.69) is 20.5 Å². The first-order valence-corrected chi connectivity index (χ1v) is 8.72. The van der Waals surface area contributed by atoms with E-state index in [0.29, 0.717) is 18.3 Å². The molecule has 2 N–H and O–H groups in total. The van der Waals surface area contributed by atoms with Crippen molar-refractivity contribution in [1.29, 1.82) is 0 Å². The van der Waals surface area contributed by atoms with E-state index in [1.54, 1.807) is 7.11 Å². The van der Waals surface area contributed by atoms with E-state index >= 15 is 0 Å². The summed E-state index contributed by atoms with van der Waals surface area (Å²) in [6.07, 6.45) is 1.88. The molecular weight excluding hydrogens is 340 g/mol. The van der Waals surface area contributed by atoms with Gasteiger partial charge in [-0.15, -0.1) is 10.2 Å². The molecule has 0 saturated carbocycles. The third-order valence-electron chi connectivity index (χ3n) is 4.33. The largest absolute Gasteiger partial charge is 0.496 e. The summed E-state index contributed by atoms with van der Waals surface area (Å²) in [5.74, 6) is 1.85. The molecule has 0 radical (unpaired) electrons. The summed E-state index contributed by atoms with van der Waals surface area (Å²) < 4.78 is 11.4. The summed E-state index contributed by atoms with van der Waals surface area (Å²) in [5, 5.41) is 12.0. The number of benzene rings is 2. The van der Waals surface area contributed by atoms with Gasteiger partial charge in [0.2, 0.25) is 11.8 Å². The van der Waals surface area contributed by atoms with Gasteiger partial charge in [0.05, 0.1) is 7.11 Å². The summed E-state index contributed by atoms with van der Waals surface area (Å²) in [6.45, 7) is 0.594. The molecule has 1 unspecified atom stereocenters. The molecule has 0 spiro atoms. The van der Waals surface area contributed by atoms with Crippen LogP contribution in [0.2, 0.25) is 0 Å². The van der Waals surface area contributed by atoms with Gasteiger partial charge >= 0.3 is 0 Å². The van der Waals surface area contributed by atoms with Crippen LogP contribution in [0.25, 0.3) is 11.5 Å². The standard InChI is InChI=1S/C21H20N4O2/c1-26-18-12-6-5-10-16(18)14-23-19(17-11-7-13-22-17)21-25-24-20(27-21)15-8-3-2-4-9-15/h2-13,19,22-23H,14H2,1H3. The molecule has 0 bridgehead atoms. The fourth-order valence-electron chi connectivity index (χ4n) is 2.96. The van der Waals surface area contributed by atoms with Crippen molar-refractivity contribution < 1.29 is 9.15 Å². The van der Waals surface area contributed by atoms with E-state index in [-0.39, 0.29) is 6.04 Å². The first kappa shape index (κ1) is 17.1. The van der Waals surface area contributed by atoms with Crippen LogP contribution in [0.15, 0.2) is 77.3 Å². The Balaban J connectivity index is 1.60. The van der Waals surface area contributed by atoms with Crippen LogP contribution < -0.4 is 10.1 Å². The topological polar surface area (TPSA) is 76.0 Å². The third kappa shape index (κ3) is 3.75. The van der Waals surface area contributed by atoms with Gasteiger partial charge in [0, 0.05) is 29.6 Å². The number of hydrogen-bond acceptors (Lipinski definition) is 5. The molecule has 2 aromatic heterocycles. The van der Waals surface area contributed by atoms with E-state index in [4.69, 9.17) is 9.15 Å². The predicted octanol–water partition coefficient (Wildman–Crippen LogP) is 3.95. The fourth-order valence-corrected chi connectivity index (χ4v) is 2.96. The average Bonchev–Trinajstić information content (AvgIpc) is 3.42. The van der Waals surface area contributed by atoms with Crippen LogP contribution in [-0.4, -0.2) is 22.3 Å². The zero-order chi connectivity index (χ0) is 18.5. The zero-order valence-electron chi connectivity index (χ0n) is 14.9. The van der Waals surface area contributed by atoms with Crippen molar-refractivity contribution in [2.75, 3.05) is 7.11 Å². The highest BCUT2D eigenvalue weighted by molar-refractivity contribution is 5.51. The van der Waals surface area contributed by atoms with Crippen LogP contribution in [0, 0.1) is 0 Å². The number of aromatic nitrogens is 3. The number of methoxy groups -OCH3 is 1. The lowest BCUT2D eigenvalue weighted by molar-refractivity contribution is 0.400. The SMILES string of the molecule is COc1ccccc1CNC(c1ccc[nH]1)c1nnc(-c2ccccc2)o1. The van der Waals surface area contributed by atoms with Crippen molar-refractivity contribution in [3.05, 3.63) is 90.1 Å². The summed E-state index contributed by atoms with van der Waals surface area (Å²) in [4.78, 5) is 3.23. The normalized spacial score (nSPS) is 12.0. The molecule has 0 aliphatic carbocycles. The van der Waals surface area contributed by atoms with E-state index < -0.39 is 0 Å². The molecule has 4 aromatic rings. The number of H-pyrrole nitrogens is 1. The maximum absolute atomic E-state index is 5.96. The summed E-state index contributed by atoms with van der Waals surface area (Å²) in [7, 11) is 1.67. The predicted molar refractivity (Wildman–Crippen MR) is 102 cm³/mol. The number of nitrogens with one attached hydrogen (secondary N) is 2. The fraction of sp³-hybridized carbons (Fsp3) is 0.143. The van der Waals surface area contributed by atoms with Crippen LogP contribution in [-0.2, 0) is 6.54 Å². The Kier molecular flexibility index (Phi) is 4.98. The van der Waals surface area contributed by atoms with Crippen molar-refractivity contribution in [2.24, 2.45) is 0 Å². The first-order valence-electron chi connectivity index (χ1n) is 8.72. The second-order valence-electron chi connectivity index (χ2n) is 6.06. The molecule has 0 fully saturated rings. The number of rotatable bonds is 7. The van der Waals surface area contributed by atoms with Gasteiger partial charge in [-0.3, -0.25) is 5.32 Å². The third-order valence-corrected chi connectivity index (χ3v) is 4.33. The molecule has 4 rings (SSSR count). The Morgan fingerprint density at radius 2 is 1.81 bits per heavy atom. The van der Waals surface area contributed by atoms with Gasteiger partial charge in [0.1, 0.15) is 11.8 Å². The molecule has 0 amide bonds. The van der Waals surface area contributed by atoms with Gasteiger partial charge in [0.15, 0.2) is 0 Å². The summed E-state index contributed by atoms with van der Waals surface area (Å²) in [6, 6.07) is 21.3. The molecule has 6 heteroatoms. The highest BCUT2D eigenvalue weighted by atomic mass is 16.5. The van der Waals surface area contributed by atoms with E-state index in [1.165, 1.54) is 0 Å². The molecule has 27 heavy (non-hydrogen) atoms. The van der Waals surface area contributed by atoms with Gasteiger partial charge in [-0.05, 0) is 30.3 Å². The quantitative estimate of drug-likeness (QED) is 0.522. The van der Waals surface area contributed by atoms with Crippen LogP contribution in [0.1, 0.15) is 23.2 Å². The minimum atomic E-state index is -0.255. The molecular formula is C21H20N4O2. The second kappa shape index (κ2) is 7.88. The number of ether oxygens (including phenoxy) is 1. The zero-order valence-corrected chi connectivity index (χ0v) is 14.9. The molecule has 0 aliphatic heterocycles. The Bertz CT molecular complexity index is 980. The van der Waals surface area contributed by atoms with Gasteiger partial charge in [-0.25, -0.2) is 0 Å². The van der Waals surface area contributed by atoms with Gasteiger partial charge in [-0.2, -0.15) is 0 Å². The highest BCUT2D eigenvalue weighted by Gasteiger charge is 2.22. The second-order valence-corrected chi connectivity index (χ2v) is 6.06. The van der Waals surface area contributed by atoms with Crippen molar-refractivity contribution in [3.63, 3.8) is 0 Å². The Hall–Kier alpha value is -3.38. The van der Waals surface area contributed by atoms with Crippen LogP contribution in [0.5, 0.6) is 5.75 Å². The van der Waals surface area contributed by atoms with Crippen molar-refractivity contribution in [3.8, 4) is 17.2 Å². The van der Waals surface area contributed by atoms with Gasteiger partial charge in [-0.1, -0.05) is 36.4 Å². The van der Waals surface area contributed by atoms with Crippen LogP contribution in [0.3, 0.4) is 0 Å². The smallest absolute Gasteiger partial charge is 0.247 e. The van der Waals surface area contributed by atoms with E-state index in [9.17, 15) is 0 Å². The Morgan fingerprint density at radius 1 is 1.00 bits per heavy atom. The molecule has 0 saturated heterocycles. The van der Waals surface area contributed by atoms with Gasteiger partial charge < -0.3 is 14.1 Å². The molecule has 0 aliphatic rings. The average molecular weight is 360 g/mol. The Morgan fingerprint density at radius 3 is 2.59 bits per heavy atom. The lowest BCUT2D eigenvalue weighted by atomic mass is 10.1. The molecule has 136 valence electrons. The molecule has 6 nitrogen and oxygen atoms in total. The van der Waals surface area contributed by atoms with E-state index in [0.717, 1.165) is 22.6 Å². The van der Waals surface area contributed by atoms with Crippen molar-refractivity contribution in [1.82, 2.24) is 20.5 Å². The minimum absolute atomic E-state index is 0.255. The molecule has 1 atom stereocenters. The maximum atomic E-state index is 5.96. The molecule has 2 heterocycles. The van der Waals surface area contributed by atoms with E-state index in [1.807, 2.05) is 72.9 Å². The summed E-state index contributed by atoms with van der Waals surface area (Å²) >= 11 is 0. The number of aromatic amines is 1. The van der Waals surface area contributed by atoms with Crippen LogP contribution >= 0.6 is 0 Å². The van der Waals surface area contributed by atoms with Crippen LogP contribution in [0.4, 0.5) is 0 Å². The first-order chi connectivity index (χ1) is 13.3. The summed E-state index contributed by atoms with van der Waals surface area (Å²) in [5.41, 5.74) is 2.90. The highest BCUT2D eigenvalue weighted by Crippen LogP contribution is 2.25.